The van der Waals surface area contributed by atoms with Gasteiger partial charge in [-0.15, -0.1) is 0 Å². The van der Waals surface area contributed by atoms with Crippen molar-refractivity contribution in [1.29, 1.82) is 0 Å². The van der Waals surface area contributed by atoms with Crippen LogP contribution in [0.2, 0.25) is 0 Å². The molecule has 0 saturated carbocycles. The second-order valence-electron chi connectivity index (χ2n) is 5.98. The second-order valence-corrected chi connectivity index (χ2v) is 5.98. The highest BCUT2D eigenvalue weighted by molar-refractivity contribution is 6.15. The van der Waals surface area contributed by atoms with E-state index in [1.165, 1.54) is 10.8 Å². The molecule has 0 atom stereocenters. The molecule has 0 N–H and O–H groups in total. The van der Waals surface area contributed by atoms with Crippen molar-refractivity contribution in [2.75, 3.05) is 26.3 Å². The highest BCUT2D eigenvalue weighted by Gasteiger charge is 2.17. The largest absolute Gasteiger partial charge is 0.475 e. The zero-order valence-corrected chi connectivity index (χ0v) is 13.2. The quantitative estimate of drug-likeness (QED) is 0.679. The van der Waals surface area contributed by atoms with Crippen molar-refractivity contribution >= 4 is 33.3 Å². The number of ether oxygens (including phenoxy) is 2. The van der Waals surface area contributed by atoms with Gasteiger partial charge in [0.1, 0.15) is 13.2 Å². The first-order valence-corrected chi connectivity index (χ1v) is 8.21. The molecule has 0 aromatic heterocycles. The minimum absolute atomic E-state index is 0.662. The van der Waals surface area contributed by atoms with Crippen LogP contribution in [0.4, 0.5) is 0 Å². The minimum Gasteiger partial charge on any atom is -0.475 e. The molecule has 118 valence electrons. The molecule has 0 bridgehead atoms. The number of hydrogen-bond acceptors (Lipinski definition) is 4. The summed E-state index contributed by atoms with van der Waals surface area (Å²) in [6, 6.07) is 16.9. The average molecular weight is 316 g/mol. The number of nitrogens with zero attached hydrogens (tertiary/aromatic N) is 2. The van der Waals surface area contributed by atoms with Gasteiger partial charge in [-0.1, -0.05) is 24.3 Å². The molecule has 5 rings (SSSR count). The zero-order valence-electron chi connectivity index (χ0n) is 13.2. The Hall–Kier alpha value is -2.88. The molecule has 0 unspecified atom stereocenters. The van der Waals surface area contributed by atoms with Gasteiger partial charge in [0.2, 0.25) is 11.8 Å². The van der Waals surface area contributed by atoms with Crippen LogP contribution in [0.15, 0.2) is 58.5 Å². The number of fused-ring (bicyclic) bond motifs is 2. The predicted molar refractivity (Wildman–Crippen MR) is 96.2 cm³/mol. The van der Waals surface area contributed by atoms with Crippen molar-refractivity contribution in [2.24, 2.45) is 9.98 Å². The molecule has 24 heavy (non-hydrogen) atoms. The fourth-order valence-corrected chi connectivity index (χ4v) is 3.42. The van der Waals surface area contributed by atoms with Crippen molar-refractivity contribution in [3.63, 3.8) is 0 Å². The average Bonchev–Trinajstić information content (AvgIpc) is 3.32. The van der Waals surface area contributed by atoms with Crippen molar-refractivity contribution in [2.45, 2.75) is 0 Å². The Morgan fingerprint density at radius 2 is 1.21 bits per heavy atom. The zero-order chi connectivity index (χ0) is 15.9. The third-order valence-corrected chi connectivity index (χ3v) is 4.51. The Bertz CT molecular complexity index is 942. The summed E-state index contributed by atoms with van der Waals surface area (Å²) >= 11 is 0. The molecule has 2 aliphatic heterocycles. The molecule has 4 nitrogen and oxygen atoms in total. The van der Waals surface area contributed by atoms with Crippen molar-refractivity contribution < 1.29 is 9.47 Å². The number of benzene rings is 3. The summed E-state index contributed by atoms with van der Waals surface area (Å²) in [5.41, 5.74) is 2.10. The van der Waals surface area contributed by atoms with Crippen molar-refractivity contribution in [1.82, 2.24) is 0 Å². The molecule has 0 radical (unpaired) electrons. The maximum atomic E-state index is 5.69. The molecule has 0 fully saturated rings. The lowest BCUT2D eigenvalue weighted by molar-refractivity contribution is 0.348. The second kappa shape index (κ2) is 5.34. The normalized spacial score (nSPS) is 16.8. The standard InChI is InChI=1S/C20H16N2O2/c1-3-13-11-14-4-2-6-16(20-22-8-10-24-20)18(14)12-17(13)15(5-1)19-21-7-9-23-19/h1-6,11-12H,7-10H2. The highest BCUT2D eigenvalue weighted by Crippen LogP contribution is 2.29. The Morgan fingerprint density at radius 1 is 0.667 bits per heavy atom. The topological polar surface area (TPSA) is 43.2 Å². The summed E-state index contributed by atoms with van der Waals surface area (Å²) in [6.45, 7) is 2.79. The van der Waals surface area contributed by atoms with E-state index in [4.69, 9.17) is 9.47 Å². The molecule has 0 spiro atoms. The number of aliphatic imine (C=N–C) groups is 2. The maximum absolute atomic E-state index is 5.69. The van der Waals surface area contributed by atoms with Crippen LogP contribution < -0.4 is 0 Å². The smallest absolute Gasteiger partial charge is 0.216 e. The van der Waals surface area contributed by atoms with E-state index in [2.05, 4.69) is 58.5 Å². The van der Waals surface area contributed by atoms with E-state index in [1.54, 1.807) is 0 Å². The fraction of sp³-hybridized carbons (Fsp3) is 0.200. The highest BCUT2D eigenvalue weighted by atomic mass is 16.5. The Balaban J connectivity index is 1.81. The van der Waals surface area contributed by atoms with Gasteiger partial charge >= 0.3 is 0 Å². The molecule has 0 amide bonds. The van der Waals surface area contributed by atoms with Crippen LogP contribution in [0.3, 0.4) is 0 Å². The Kier molecular flexibility index (Phi) is 3.01. The van der Waals surface area contributed by atoms with E-state index >= 15 is 0 Å². The van der Waals surface area contributed by atoms with Gasteiger partial charge in [0, 0.05) is 11.1 Å². The van der Waals surface area contributed by atoms with E-state index in [1.807, 2.05) is 0 Å². The lowest BCUT2D eigenvalue weighted by Gasteiger charge is -2.11. The van der Waals surface area contributed by atoms with Crippen LogP contribution in [0.25, 0.3) is 21.5 Å². The van der Waals surface area contributed by atoms with Gasteiger partial charge in [0.15, 0.2) is 0 Å². The first-order chi connectivity index (χ1) is 11.9. The maximum Gasteiger partial charge on any atom is 0.216 e. The van der Waals surface area contributed by atoms with Gasteiger partial charge in [-0.3, -0.25) is 0 Å². The lowest BCUT2D eigenvalue weighted by atomic mass is 9.97. The van der Waals surface area contributed by atoms with Crippen LogP contribution in [0, 0.1) is 0 Å². The van der Waals surface area contributed by atoms with Crippen LogP contribution in [0.5, 0.6) is 0 Å². The number of hydrogen-bond donors (Lipinski definition) is 0. The summed E-state index contributed by atoms with van der Waals surface area (Å²) < 4.78 is 11.4. The third-order valence-electron chi connectivity index (χ3n) is 4.51. The molecule has 3 aromatic carbocycles. The van der Waals surface area contributed by atoms with E-state index in [-0.39, 0.29) is 0 Å². The van der Waals surface area contributed by atoms with Gasteiger partial charge in [-0.25, -0.2) is 9.98 Å². The summed E-state index contributed by atoms with van der Waals surface area (Å²) in [5.74, 6) is 1.48. The molecular formula is C20H16N2O2. The van der Waals surface area contributed by atoms with Gasteiger partial charge < -0.3 is 9.47 Å². The van der Waals surface area contributed by atoms with Gasteiger partial charge in [-0.05, 0) is 45.8 Å². The molecule has 4 heteroatoms. The van der Waals surface area contributed by atoms with Crippen LogP contribution in [-0.4, -0.2) is 38.1 Å². The number of rotatable bonds is 2. The molecular weight excluding hydrogens is 300 g/mol. The molecule has 2 aliphatic rings. The first-order valence-electron chi connectivity index (χ1n) is 8.21. The fourth-order valence-electron chi connectivity index (χ4n) is 3.42. The van der Waals surface area contributed by atoms with E-state index in [0.717, 1.165) is 46.8 Å². The molecule has 3 aromatic rings. The van der Waals surface area contributed by atoms with E-state index in [0.29, 0.717) is 13.2 Å². The summed E-state index contributed by atoms with van der Waals surface area (Å²) in [5, 5.41) is 4.67. The van der Waals surface area contributed by atoms with Gasteiger partial charge in [-0.2, -0.15) is 0 Å². The van der Waals surface area contributed by atoms with E-state index < -0.39 is 0 Å². The first kappa shape index (κ1) is 13.5. The molecule has 2 heterocycles. The van der Waals surface area contributed by atoms with Crippen LogP contribution in [-0.2, 0) is 9.47 Å². The predicted octanol–water partition coefficient (Wildman–Crippen LogP) is 3.55. The minimum atomic E-state index is 0.662. The summed E-state index contributed by atoms with van der Waals surface area (Å²) in [4.78, 5) is 8.96. The van der Waals surface area contributed by atoms with Crippen molar-refractivity contribution in [3.8, 4) is 0 Å². The van der Waals surface area contributed by atoms with Gasteiger partial charge in [0.25, 0.3) is 0 Å². The van der Waals surface area contributed by atoms with Crippen LogP contribution in [0.1, 0.15) is 11.1 Å². The SMILES string of the molecule is c1cc(C2=NCCO2)c2cc3c(C4=NCCO4)cccc3cc2c1. The van der Waals surface area contributed by atoms with Gasteiger partial charge in [0.05, 0.1) is 13.1 Å². The van der Waals surface area contributed by atoms with E-state index in [9.17, 15) is 0 Å². The monoisotopic (exact) mass is 316 g/mol. The lowest BCUT2D eigenvalue weighted by Crippen LogP contribution is -2.03. The Labute approximate surface area is 139 Å². The van der Waals surface area contributed by atoms with Crippen LogP contribution >= 0.6 is 0 Å². The Morgan fingerprint density at radius 3 is 1.67 bits per heavy atom. The third kappa shape index (κ3) is 2.07. The summed E-state index contributed by atoms with van der Waals surface area (Å²) in [6.07, 6.45) is 0. The summed E-state index contributed by atoms with van der Waals surface area (Å²) in [7, 11) is 0. The molecule has 0 aliphatic carbocycles. The molecule has 0 saturated heterocycles. The van der Waals surface area contributed by atoms with Crippen molar-refractivity contribution in [3.05, 3.63) is 59.7 Å².